The van der Waals surface area contributed by atoms with Gasteiger partial charge in [-0.25, -0.2) is 4.98 Å². The number of H-pyrrole nitrogens is 1. The third-order valence-corrected chi connectivity index (χ3v) is 4.41. The molecule has 0 spiro atoms. The molecule has 0 unspecified atom stereocenters. The topological polar surface area (TPSA) is 104 Å². The Morgan fingerprint density at radius 2 is 2.08 bits per heavy atom. The van der Waals surface area contributed by atoms with Crippen LogP contribution in [0.3, 0.4) is 0 Å². The second-order valence-electron chi connectivity index (χ2n) is 5.90. The molecule has 0 amide bonds. The first kappa shape index (κ1) is 16.2. The number of nitrogens with zero attached hydrogens (tertiary/aromatic N) is 3. The number of nitrogens with one attached hydrogen (secondary N) is 2. The van der Waals surface area contributed by atoms with Crippen molar-refractivity contribution in [2.45, 2.75) is 12.6 Å². The van der Waals surface area contributed by atoms with Crippen LogP contribution in [0.2, 0.25) is 0 Å². The molecule has 0 bridgehead atoms. The van der Waals surface area contributed by atoms with Gasteiger partial charge in [-0.3, -0.25) is 10.1 Å². The summed E-state index contributed by atoms with van der Waals surface area (Å²) >= 11 is 0. The second-order valence-corrected chi connectivity index (χ2v) is 5.90. The fourth-order valence-electron chi connectivity index (χ4n) is 3.27. The Morgan fingerprint density at radius 3 is 2.81 bits per heavy atom. The number of rotatable bonds is 2. The van der Waals surface area contributed by atoms with Gasteiger partial charge < -0.3 is 11.1 Å². The van der Waals surface area contributed by atoms with E-state index in [0.717, 1.165) is 18.0 Å². The number of nitrogen functional groups attached to an aromatic ring is 1. The second kappa shape index (κ2) is 5.65. The van der Waals surface area contributed by atoms with Crippen LogP contribution in [0.15, 0.2) is 23.3 Å². The Labute approximate surface area is 145 Å². The standard InChI is InChI=1S/C17H13F3N6/c18-17(19,20)16-11(7-24-26-16)15-10-6-23-4-3-8(10)14-9(5-21)12(22)1-2-13(14)25-15/h1-2,5-7,21H,3-4,22H2,(H,24,26). The van der Waals surface area contributed by atoms with E-state index in [9.17, 15) is 13.2 Å². The largest absolute Gasteiger partial charge is 0.433 e. The normalized spacial score (nSPS) is 13.8. The van der Waals surface area contributed by atoms with Crippen molar-refractivity contribution in [3.05, 3.63) is 40.7 Å². The van der Waals surface area contributed by atoms with Gasteiger partial charge in [0, 0.05) is 41.2 Å². The minimum absolute atomic E-state index is 0.128. The van der Waals surface area contributed by atoms with Gasteiger partial charge in [0.1, 0.15) is 5.69 Å². The molecule has 0 fully saturated rings. The lowest BCUT2D eigenvalue weighted by Gasteiger charge is -2.19. The molecule has 6 nitrogen and oxygen atoms in total. The average Bonchev–Trinajstić information content (AvgIpc) is 3.11. The SMILES string of the molecule is N=Cc1c(N)ccc2nc(-c3cn[nH]c3C(F)(F)F)c3c(c12)CCN=C3. The number of aromatic nitrogens is 3. The molecule has 1 aromatic carbocycles. The van der Waals surface area contributed by atoms with Gasteiger partial charge in [0.05, 0.1) is 23.0 Å². The van der Waals surface area contributed by atoms with Gasteiger partial charge in [-0.1, -0.05) is 0 Å². The van der Waals surface area contributed by atoms with Crippen molar-refractivity contribution in [2.75, 3.05) is 12.3 Å². The van der Waals surface area contributed by atoms with Crippen molar-refractivity contribution in [1.82, 2.24) is 15.2 Å². The van der Waals surface area contributed by atoms with Crippen LogP contribution in [0.25, 0.3) is 22.2 Å². The quantitative estimate of drug-likeness (QED) is 0.484. The smallest absolute Gasteiger partial charge is 0.398 e. The lowest BCUT2D eigenvalue weighted by molar-refractivity contribution is -0.140. The molecule has 0 aliphatic carbocycles. The molecule has 9 heteroatoms. The number of benzene rings is 1. The first-order chi connectivity index (χ1) is 12.4. The summed E-state index contributed by atoms with van der Waals surface area (Å²) in [6.07, 6.45) is -0.257. The van der Waals surface area contributed by atoms with Crippen molar-refractivity contribution in [1.29, 1.82) is 5.41 Å². The number of aliphatic imine (C=N–C) groups is 1. The van der Waals surface area contributed by atoms with Gasteiger partial charge in [0.15, 0.2) is 0 Å². The van der Waals surface area contributed by atoms with Gasteiger partial charge in [-0.05, 0) is 24.1 Å². The maximum atomic E-state index is 13.3. The summed E-state index contributed by atoms with van der Waals surface area (Å²) in [5.74, 6) is 0. The highest BCUT2D eigenvalue weighted by Crippen LogP contribution is 2.39. The van der Waals surface area contributed by atoms with Crippen LogP contribution in [0.5, 0.6) is 0 Å². The molecule has 4 rings (SSSR count). The molecule has 132 valence electrons. The Kier molecular flexibility index (Phi) is 3.53. The van der Waals surface area contributed by atoms with Crippen LogP contribution in [0, 0.1) is 5.41 Å². The van der Waals surface area contributed by atoms with E-state index in [1.807, 2.05) is 5.10 Å². The maximum Gasteiger partial charge on any atom is 0.433 e. The lowest BCUT2D eigenvalue weighted by atomic mass is 9.91. The zero-order valence-electron chi connectivity index (χ0n) is 13.4. The molecule has 0 saturated heterocycles. The molecule has 1 aliphatic heterocycles. The van der Waals surface area contributed by atoms with Gasteiger partial charge in [-0.2, -0.15) is 18.3 Å². The first-order valence-electron chi connectivity index (χ1n) is 7.78. The summed E-state index contributed by atoms with van der Waals surface area (Å²) in [6.45, 7) is 0.509. The van der Waals surface area contributed by atoms with E-state index in [-0.39, 0.29) is 11.3 Å². The summed E-state index contributed by atoms with van der Waals surface area (Å²) in [5, 5.41) is 13.9. The highest BCUT2D eigenvalue weighted by molar-refractivity contribution is 6.08. The number of alkyl halides is 3. The highest BCUT2D eigenvalue weighted by atomic mass is 19.4. The molecule has 4 N–H and O–H groups in total. The van der Waals surface area contributed by atoms with Gasteiger partial charge in [0.25, 0.3) is 0 Å². The van der Waals surface area contributed by atoms with E-state index >= 15 is 0 Å². The zero-order valence-corrected chi connectivity index (χ0v) is 13.4. The zero-order chi connectivity index (χ0) is 18.5. The predicted octanol–water partition coefficient (Wildman–Crippen LogP) is 3.20. The Bertz CT molecular complexity index is 1060. The van der Waals surface area contributed by atoms with Crippen molar-refractivity contribution >= 4 is 29.0 Å². The minimum Gasteiger partial charge on any atom is -0.398 e. The number of halogens is 3. The molecule has 2 aromatic heterocycles. The molecule has 26 heavy (non-hydrogen) atoms. The Morgan fingerprint density at radius 1 is 1.27 bits per heavy atom. The molecule has 3 aromatic rings. The van der Waals surface area contributed by atoms with Crippen LogP contribution in [0.4, 0.5) is 18.9 Å². The first-order valence-corrected chi connectivity index (χ1v) is 7.78. The number of hydrogen-bond acceptors (Lipinski definition) is 5. The number of aromatic amines is 1. The van der Waals surface area contributed by atoms with Crippen LogP contribution in [0.1, 0.15) is 22.4 Å². The highest BCUT2D eigenvalue weighted by Gasteiger charge is 2.37. The van der Waals surface area contributed by atoms with Crippen LogP contribution in [-0.2, 0) is 12.6 Å². The molecule has 0 radical (unpaired) electrons. The van der Waals surface area contributed by atoms with Crippen LogP contribution in [-0.4, -0.2) is 34.2 Å². The van der Waals surface area contributed by atoms with E-state index in [2.05, 4.69) is 15.1 Å². The number of hydrogen-bond donors (Lipinski definition) is 3. The van der Waals surface area contributed by atoms with E-state index < -0.39 is 11.9 Å². The van der Waals surface area contributed by atoms with Crippen molar-refractivity contribution in [3.8, 4) is 11.3 Å². The lowest BCUT2D eigenvalue weighted by Crippen LogP contribution is -2.12. The summed E-state index contributed by atoms with van der Waals surface area (Å²) in [5.41, 5.74) is 7.77. The molecule has 1 aliphatic rings. The summed E-state index contributed by atoms with van der Waals surface area (Å²) in [6, 6.07) is 3.25. The van der Waals surface area contributed by atoms with Gasteiger partial charge >= 0.3 is 6.18 Å². The third kappa shape index (κ3) is 2.35. The Balaban J connectivity index is 2.11. The van der Waals surface area contributed by atoms with Crippen molar-refractivity contribution in [3.63, 3.8) is 0 Å². The van der Waals surface area contributed by atoms with Gasteiger partial charge in [-0.15, -0.1) is 0 Å². The average molecular weight is 358 g/mol. The van der Waals surface area contributed by atoms with Crippen LogP contribution >= 0.6 is 0 Å². The number of nitrogens with two attached hydrogens (primary N) is 1. The van der Waals surface area contributed by atoms with E-state index in [4.69, 9.17) is 11.1 Å². The maximum absolute atomic E-state index is 13.3. The van der Waals surface area contributed by atoms with E-state index in [1.165, 1.54) is 6.21 Å². The van der Waals surface area contributed by atoms with Crippen molar-refractivity contribution in [2.24, 2.45) is 4.99 Å². The summed E-state index contributed by atoms with van der Waals surface area (Å²) < 4.78 is 39.9. The van der Waals surface area contributed by atoms with E-state index in [0.29, 0.717) is 40.7 Å². The molecule has 0 atom stereocenters. The van der Waals surface area contributed by atoms with Crippen molar-refractivity contribution < 1.29 is 13.2 Å². The van der Waals surface area contributed by atoms with E-state index in [1.54, 1.807) is 12.1 Å². The van der Waals surface area contributed by atoms with Crippen LogP contribution < -0.4 is 5.73 Å². The van der Waals surface area contributed by atoms with Gasteiger partial charge in [0.2, 0.25) is 0 Å². The predicted molar refractivity (Wildman–Crippen MR) is 92.8 cm³/mol. The number of anilines is 1. The fraction of sp³-hybridized carbons (Fsp3) is 0.176. The molecule has 3 heterocycles. The molecular weight excluding hydrogens is 345 g/mol. The molecular formula is C17H13F3N6. The molecule has 0 saturated carbocycles. The monoisotopic (exact) mass is 358 g/mol. The number of fused-ring (bicyclic) bond motifs is 3. The fourth-order valence-corrected chi connectivity index (χ4v) is 3.27. The summed E-state index contributed by atoms with van der Waals surface area (Å²) in [4.78, 5) is 8.65. The summed E-state index contributed by atoms with van der Waals surface area (Å²) in [7, 11) is 0. The third-order valence-electron chi connectivity index (χ3n) is 4.41. The minimum atomic E-state index is -4.58. The number of pyridine rings is 1. The Hall–Kier alpha value is -3.23.